The van der Waals surface area contributed by atoms with Crippen LogP contribution in [0.5, 0.6) is 0 Å². The summed E-state index contributed by atoms with van der Waals surface area (Å²) >= 11 is 0. The third kappa shape index (κ3) is 1.80. The fraction of sp³-hybridized carbons (Fsp3) is 0.0833. The van der Waals surface area contributed by atoms with Gasteiger partial charge in [0.2, 0.25) is 0 Å². The predicted octanol–water partition coefficient (Wildman–Crippen LogP) is 4.13. The van der Waals surface area contributed by atoms with E-state index in [1.807, 2.05) is 57.7 Å². The van der Waals surface area contributed by atoms with Crippen molar-refractivity contribution in [1.82, 2.24) is 14.5 Å². The van der Waals surface area contributed by atoms with E-state index in [2.05, 4.69) is 5.32 Å². The zero-order chi connectivity index (χ0) is 21.0. The lowest BCUT2D eigenvalue weighted by Gasteiger charge is -2.17. The van der Waals surface area contributed by atoms with Crippen LogP contribution in [0.3, 0.4) is 0 Å². The summed E-state index contributed by atoms with van der Waals surface area (Å²) < 4.78 is 3.84. The molecular formula is C24H15N3O4. The molecule has 7 rings (SSSR count). The lowest BCUT2D eigenvalue weighted by atomic mass is 9.96. The molecule has 2 aliphatic rings. The molecule has 5 aromatic rings. The van der Waals surface area contributed by atoms with Crippen molar-refractivity contribution in [3.8, 4) is 0 Å². The van der Waals surface area contributed by atoms with Gasteiger partial charge in [0.05, 0.1) is 35.2 Å². The van der Waals surface area contributed by atoms with E-state index in [1.54, 1.807) is 0 Å². The van der Waals surface area contributed by atoms with Crippen LogP contribution in [0.2, 0.25) is 0 Å². The van der Waals surface area contributed by atoms with E-state index in [1.165, 1.54) is 0 Å². The maximum absolute atomic E-state index is 13.0. The number of carbonyl (C=O) groups excluding carboxylic acids is 2. The highest BCUT2D eigenvalue weighted by Crippen LogP contribution is 2.45. The Kier molecular flexibility index (Phi) is 2.80. The van der Waals surface area contributed by atoms with Gasteiger partial charge in [0.1, 0.15) is 0 Å². The number of aliphatic hydroxyl groups is 2. The fourth-order valence-electron chi connectivity index (χ4n) is 5.35. The van der Waals surface area contributed by atoms with Crippen LogP contribution >= 0.6 is 0 Å². The highest BCUT2D eigenvalue weighted by Gasteiger charge is 2.37. The van der Waals surface area contributed by atoms with Crippen molar-refractivity contribution >= 4 is 55.4 Å². The monoisotopic (exact) mass is 409 g/mol. The highest BCUT2D eigenvalue weighted by molar-refractivity contribution is 6.39. The Morgan fingerprint density at radius 2 is 1.10 bits per heavy atom. The number of aliphatic hydroxyl groups excluding tert-OH is 2. The van der Waals surface area contributed by atoms with Crippen molar-refractivity contribution in [2.75, 3.05) is 0 Å². The molecule has 0 saturated carbocycles. The number of carbonyl (C=O) groups is 2. The fourth-order valence-corrected chi connectivity index (χ4v) is 5.35. The molecule has 0 saturated heterocycles. The van der Waals surface area contributed by atoms with E-state index in [0.29, 0.717) is 21.9 Å². The first-order chi connectivity index (χ1) is 15.1. The lowest BCUT2D eigenvalue weighted by Crippen LogP contribution is -2.20. The quantitative estimate of drug-likeness (QED) is 0.335. The van der Waals surface area contributed by atoms with Gasteiger partial charge in [-0.25, -0.2) is 0 Å². The normalized spacial score (nSPS) is 18.3. The summed E-state index contributed by atoms with van der Waals surface area (Å²) in [5.41, 5.74) is 3.93. The molecule has 0 bridgehead atoms. The van der Waals surface area contributed by atoms with E-state index in [0.717, 1.165) is 32.8 Å². The van der Waals surface area contributed by atoms with Crippen LogP contribution in [0, 0.1) is 0 Å². The number of benzene rings is 3. The topological polar surface area (TPSA) is 96.5 Å². The van der Waals surface area contributed by atoms with Gasteiger partial charge in [-0.1, -0.05) is 36.4 Å². The van der Waals surface area contributed by atoms with E-state index >= 15 is 0 Å². The van der Waals surface area contributed by atoms with Crippen LogP contribution in [-0.4, -0.2) is 31.2 Å². The number of hydrogen-bond donors (Lipinski definition) is 3. The molecule has 4 heterocycles. The van der Waals surface area contributed by atoms with Gasteiger partial charge in [0.15, 0.2) is 11.5 Å². The van der Waals surface area contributed by atoms with E-state index < -0.39 is 11.8 Å². The number of rotatable bonds is 0. The minimum Gasteiger partial charge on any atom is -0.507 e. The molecule has 31 heavy (non-hydrogen) atoms. The van der Waals surface area contributed by atoms with E-state index in [4.69, 9.17) is 0 Å². The first kappa shape index (κ1) is 16.5. The third-order valence-corrected chi connectivity index (χ3v) is 6.55. The van der Waals surface area contributed by atoms with Crippen molar-refractivity contribution in [3.63, 3.8) is 0 Å². The van der Waals surface area contributed by atoms with Crippen molar-refractivity contribution < 1.29 is 19.8 Å². The van der Waals surface area contributed by atoms with Gasteiger partial charge < -0.3 is 19.3 Å². The first-order valence-corrected chi connectivity index (χ1v) is 9.99. The molecule has 0 aliphatic carbocycles. The van der Waals surface area contributed by atoms with Gasteiger partial charge in [-0.2, -0.15) is 0 Å². The summed E-state index contributed by atoms with van der Waals surface area (Å²) in [7, 11) is 0. The van der Waals surface area contributed by atoms with Crippen molar-refractivity contribution in [3.05, 3.63) is 71.2 Å². The van der Waals surface area contributed by atoms with Gasteiger partial charge in [-0.05, 0) is 12.1 Å². The molecule has 2 aromatic heterocycles. The first-order valence-electron chi connectivity index (χ1n) is 9.99. The maximum Gasteiger partial charge on any atom is 0.259 e. The SMILES string of the molecule is O=C1NC(=O)c2c1c1c3ccccc3n3c1c1c2c2ccccc2n1C/C(O)=C(/O)C3. The Morgan fingerprint density at radius 1 is 0.677 bits per heavy atom. The molecule has 0 atom stereocenters. The van der Waals surface area contributed by atoms with Crippen molar-refractivity contribution in [1.29, 1.82) is 0 Å². The minimum absolute atomic E-state index is 0.0703. The summed E-state index contributed by atoms with van der Waals surface area (Å²) in [6.07, 6.45) is 0. The Labute approximate surface area is 174 Å². The van der Waals surface area contributed by atoms with E-state index in [9.17, 15) is 19.8 Å². The standard InChI is InChI=1S/C24H15N3O4/c28-15-9-26-13-7-3-1-5-11(13)17-19-20(24(31)25-23(19)30)18-12-6-2-4-8-14(12)27(10-16(15)29)22(18)21(17)26/h1-8,28-29H,9-10H2,(H,25,30,31)/b16-15-. The average molecular weight is 409 g/mol. The molecule has 0 unspecified atom stereocenters. The Bertz CT molecular complexity index is 1590. The van der Waals surface area contributed by atoms with Crippen LogP contribution in [0.25, 0.3) is 43.6 Å². The van der Waals surface area contributed by atoms with Gasteiger partial charge >= 0.3 is 0 Å². The molecule has 0 fully saturated rings. The summed E-state index contributed by atoms with van der Waals surface area (Å²) in [5.74, 6) is -1.07. The van der Waals surface area contributed by atoms with Crippen LogP contribution < -0.4 is 5.32 Å². The van der Waals surface area contributed by atoms with E-state index in [-0.39, 0.29) is 24.6 Å². The zero-order valence-corrected chi connectivity index (χ0v) is 16.1. The Balaban J connectivity index is 1.92. The second-order valence-corrected chi connectivity index (χ2v) is 8.08. The molecule has 7 nitrogen and oxygen atoms in total. The number of aromatic nitrogens is 2. The molecule has 0 spiro atoms. The second-order valence-electron chi connectivity index (χ2n) is 8.08. The average Bonchev–Trinajstić information content (AvgIpc) is 3.36. The molecule has 2 amide bonds. The van der Waals surface area contributed by atoms with Crippen LogP contribution in [0.1, 0.15) is 20.7 Å². The molecule has 0 radical (unpaired) electrons. The molecule has 2 aliphatic heterocycles. The number of imide groups is 1. The number of fused-ring (bicyclic) bond motifs is 9. The number of hydrogen-bond acceptors (Lipinski definition) is 4. The second kappa shape index (κ2) is 5.26. The summed E-state index contributed by atoms with van der Waals surface area (Å²) in [6, 6.07) is 15.2. The van der Waals surface area contributed by atoms with Gasteiger partial charge in [-0.15, -0.1) is 0 Å². The zero-order valence-electron chi connectivity index (χ0n) is 16.1. The van der Waals surface area contributed by atoms with Gasteiger partial charge in [0, 0.05) is 32.6 Å². The van der Waals surface area contributed by atoms with Gasteiger partial charge in [-0.3, -0.25) is 14.9 Å². The number of amides is 2. The number of nitrogens with zero attached hydrogens (tertiary/aromatic N) is 2. The van der Waals surface area contributed by atoms with Crippen molar-refractivity contribution in [2.24, 2.45) is 0 Å². The minimum atomic E-state index is -0.411. The van der Waals surface area contributed by atoms with Crippen LogP contribution in [-0.2, 0) is 13.1 Å². The molecule has 150 valence electrons. The van der Waals surface area contributed by atoms with Gasteiger partial charge in [0.25, 0.3) is 11.8 Å². The third-order valence-electron chi connectivity index (χ3n) is 6.55. The van der Waals surface area contributed by atoms with Crippen LogP contribution in [0.15, 0.2) is 60.0 Å². The highest BCUT2D eigenvalue weighted by atomic mass is 16.3. The molecular weight excluding hydrogens is 394 g/mol. The Hall–Kier alpha value is -4.26. The maximum atomic E-state index is 13.0. The summed E-state index contributed by atoms with van der Waals surface area (Å²) in [5, 5.41) is 26.8. The summed E-state index contributed by atoms with van der Waals surface area (Å²) in [6.45, 7) is 0.141. The summed E-state index contributed by atoms with van der Waals surface area (Å²) in [4.78, 5) is 25.9. The Morgan fingerprint density at radius 3 is 1.55 bits per heavy atom. The van der Waals surface area contributed by atoms with Crippen LogP contribution in [0.4, 0.5) is 0 Å². The van der Waals surface area contributed by atoms with Crippen molar-refractivity contribution in [2.45, 2.75) is 13.1 Å². The number of para-hydroxylation sites is 2. The number of allylic oxidation sites excluding steroid dienone is 2. The molecule has 3 N–H and O–H groups in total. The predicted molar refractivity (Wildman–Crippen MR) is 117 cm³/mol. The largest absolute Gasteiger partial charge is 0.507 e. The number of nitrogens with one attached hydrogen (secondary N) is 1. The molecule has 3 aromatic carbocycles. The lowest BCUT2D eigenvalue weighted by molar-refractivity contribution is 0.0880. The smallest absolute Gasteiger partial charge is 0.259 e. The molecule has 7 heteroatoms.